The van der Waals surface area contributed by atoms with Gasteiger partial charge in [-0.15, -0.1) is 0 Å². The van der Waals surface area contributed by atoms with Crippen molar-refractivity contribution in [3.05, 3.63) is 34.2 Å². The fourth-order valence-corrected chi connectivity index (χ4v) is 2.67. The molecule has 0 radical (unpaired) electrons. The van der Waals surface area contributed by atoms with E-state index < -0.39 is 5.97 Å². The van der Waals surface area contributed by atoms with Crippen molar-refractivity contribution in [2.75, 3.05) is 13.2 Å². The Morgan fingerprint density at radius 3 is 2.85 bits per heavy atom. The van der Waals surface area contributed by atoms with Gasteiger partial charge < -0.3 is 14.8 Å². The number of nitrogens with one attached hydrogen (secondary N) is 1. The first-order chi connectivity index (χ1) is 9.65. The van der Waals surface area contributed by atoms with Crippen molar-refractivity contribution in [3.63, 3.8) is 0 Å². The van der Waals surface area contributed by atoms with Gasteiger partial charge in [-0.2, -0.15) is 0 Å². The van der Waals surface area contributed by atoms with Crippen molar-refractivity contribution < 1.29 is 14.6 Å². The Labute approximate surface area is 115 Å². The minimum atomic E-state index is -0.995. The number of fused-ring (bicyclic) bond motifs is 1. The fourth-order valence-electron chi connectivity index (χ4n) is 2.67. The number of carboxylic acids is 1. The molecule has 6 heteroatoms. The molecule has 2 heterocycles. The van der Waals surface area contributed by atoms with Crippen LogP contribution < -0.4 is 5.69 Å². The van der Waals surface area contributed by atoms with E-state index in [1.54, 1.807) is 10.6 Å². The molecular weight excluding hydrogens is 260 g/mol. The van der Waals surface area contributed by atoms with Crippen molar-refractivity contribution in [1.82, 2.24) is 9.55 Å². The quantitative estimate of drug-likeness (QED) is 0.888. The van der Waals surface area contributed by atoms with Crippen LogP contribution in [-0.4, -0.2) is 33.8 Å². The summed E-state index contributed by atoms with van der Waals surface area (Å²) >= 11 is 0. The number of aromatic carboxylic acids is 1. The van der Waals surface area contributed by atoms with E-state index in [2.05, 4.69) is 4.98 Å². The second-order valence-electron chi connectivity index (χ2n) is 5.13. The molecule has 3 rings (SSSR count). The molecule has 1 saturated heterocycles. The standard InChI is InChI=1S/C14H16N2O4/c17-13(18)10-1-2-12-11(7-10)15-14(19)16(12)8-9-3-5-20-6-4-9/h1-2,7,9H,3-6,8H2,(H,15,19)(H,17,18). The highest BCUT2D eigenvalue weighted by molar-refractivity contribution is 5.92. The predicted molar refractivity (Wildman–Crippen MR) is 73.1 cm³/mol. The number of carboxylic acid groups (broad SMARTS) is 1. The van der Waals surface area contributed by atoms with Crippen LogP contribution in [0.3, 0.4) is 0 Å². The van der Waals surface area contributed by atoms with Gasteiger partial charge in [0.15, 0.2) is 0 Å². The smallest absolute Gasteiger partial charge is 0.335 e. The topological polar surface area (TPSA) is 84.3 Å². The number of rotatable bonds is 3. The van der Waals surface area contributed by atoms with Crippen LogP contribution in [0.5, 0.6) is 0 Å². The Hall–Kier alpha value is -2.08. The van der Waals surface area contributed by atoms with Crippen LogP contribution in [0.2, 0.25) is 0 Å². The number of carbonyl (C=O) groups is 1. The monoisotopic (exact) mass is 276 g/mol. The number of nitrogens with zero attached hydrogens (tertiary/aromatic N) is 1. The summed E-state index contributed by atoms with van der Waals surface area (Å²) < 4.78 is 7.01. The third-order valence-electron chi connectivity index (χ3n) is 3.80. The molecule has 2 N–H and O–H groups in total. The van der Waals surface area contributed by atoms with Gasteiger partial charge in [0.1, 0.15) is 0 Å². The summed E-state index contributed by atoms with van der Waals surface area (Å²) in [5.41, 5.74) is 1.32. The second kappa shape index (κ2) is 5.13. The van der Waals surface area contributed by atoms with Crippen LogP contribution in [0.1, 0.15) is 23.2 Å². The Bertz CT molecular complexity index is 695. The average molecular weight is 276 g/mol. The first-order valence-corrected chi connectivity index (χ1v) is 6.69. The Morgan fingerprint density at radius 2 is 2.15 bits per heavy atom. The molecule has 0 saturated carbocycles. The van der Waals surface area contributed by atoms with Crippen molar-refractivity contribution in [2.24, 2.45) is 5.92 Å². The van der Waals surface area contributed by atoms with Crippen LogP contribution in [0.4, 0.5) is 0 Å². The summed E-state index contributed by atoms with van der Waals surface area (Å²) in [7, 11) is 0. The predicted octanol–water partition coefficient (Wildman–Crippen LogP) is 1.45. The summed E-state index contributed by atoms with van der Waals surface area (Å²) in [4.78, 5) is 25.7. The number of ether oxygens (including phenoxy) is 1. The molecule has 0 atom stereocenters. The number of hydrogen-bond donors (Lipinski definition) is 2. The van der Waals surface area contributed by atoms with E-state index in [0.29, 0.717) is 18.0 Å². The Morgan fingerprint density at radius 1 is 1.40 bits per heavy atom. The first kappa shape index (κ1) is 12.9. The summed E-state index contributed by atoms with van der Waals surface area (Å²) in [6.45, 7) is 2.13. The minimum absolute atomic E-state index is 0.178. The number of hydrogen-bond acceptors (Lipinski definition) is 3. The average Bonchev–Trinajstić information content (AvgIpc) is 2.75. The summed E-state index contributed by atoms with van der Waals surface area (Å²) in [5.74, 6) is -0.565. The van der Waals surface area contributed by atoms with Crippen LogP contribution in [0, 0.1) is 5.92 Å². The molecule has 0 aliphatic carbocycles. The number of H-pyrrole nitrogens is 1. The number of aromatic nitrogens is 2. The maximum atomic E-state index is 12.0. The normalized spacial score (nSPS) is 16.6. The maximum absolute atomic E-state index is 12.0. The van der Waals surface area contributed by atoms with E-state index in [4.69, 9.17) is 9.84 Å². The minimum Gasteiger partial charge on any atom is -0.478 e. The van der Waals surface area contributed by atoms with Crippen molar-refractivity contribution in [3.8, 4) is 0 Å². The molecular formula is C14H16N2O4. The van der Waals surface area contributed by atoms with Gasteiger partial charge in [-0.05, 0) is 37.0 Å². The van der Waals surface area contributed by atoms with Gasteiger partial charge in [-0.1, -0.05) is 0 Å². The van der Waals surface area contributed by atoms with E-state index in [9.17, 15) is 9.59 Å². The van der Waals surface area contributed by atoms with E-state index in [1.165, 1.54) is 12.1 Å². The molecule has 1 aromatic heterocycles. The zero-order chi connectivity index (χ0) is 14.1. The fraction of sp³-hybridized carbons (Fsp3) is 0.429. The van der Waals surface area contributed by atoms with E-state index in [-0.39, 0.29) is 11.3 Å². The lowest BCUT2D eigenvalue weighted by Gasteiger charge is -2.22. The van der Waals surface area contributed by atoms with Crippen LogP contribution in [-0.2, 0) is 11.3 Å². The van der Waals surface area contributed by atoms with Gasteiger partial charge in [0, 0.05) is 19.8 Å². The maximum Gasteiger partial charge on any atom is 0.335 e. The number of aromatic amines is 1. The SMILES string of the molecule is O=C(O)c1ccc2c(c1)[nH]c(=O)n2CC1CCOCC1. The van der Waals surface area contributed by atoms with Crippen LogP contribution >= 0.6 is 0 Å². The molecule has 2 aromatic rings. The van der Waals surface area contributed by atoms with Gasteiger partial charge in [-0.25, -0.2) is 9.59 Å². The van der Waals surface area contributed by atoms with Crippen LogP contribution in [0.25, 0.3) is 11.0 Å². The number of benzene rings is 1. The molecule has 6 nitrogen and oxygen atoms in total. The molecule has 1 aromatic carbocycles. The second-order valence-corrected chi connectivity index (χ2v) is 5.13. The highest BCUT2D eigenvalue weighted by atomic mass is 16.5. The molecule has 1 fully saturated rings. The summed E-state index contributed by atoms with van der Waals surface area (Å²) in [6, 6.07) is 4.72. The van der Waals surface area contributed by atoms with Gasteiger partial charge in [-0.3, -0.25) is 4.57 Å². The lowest BCUT2D eigenvalue weighted by molar-refractivity contribution is 0.0613. The molecule has 106 valence electrons. The molecule has 1 aliphatic rings. The Kier molecular flexibility index (Phi) is 3.31. The zero-order valence-corrected chi connectivity index (χ0v) is 11.0. The highest BCUT2D eigenvalue weighted by Gasteiger charge is 2.17. The summed E-state index contributed by atoms with van der Waals surface area (Å²) in [5, 5.41) is 8.97. The van der Waals surface area contributed by atoms with Crippen molar-refractivity contribution >= 4 is 17.0 Å². The molecule has 0 unspecified atom stereocenters. The Balaban J connectivity index is 1.96. The van der Waals surface area contributed by atoms with Gasteiger partial charge in [0.05, 0.1) is 16.6 Å². The lowest BCUT2D eigenvalue weighted by Crippen LogP contribution is -2.25. The van der Waals surface area contributed by atoms with Crippen LogP contribution in [0.15, 0.2) is 23.0 Å². The largest absolute Gasteiger partial charge is 0.478 e. The molecule has 0 spiro atoms. The molecule has 20 heavy (non-hydrogen) atoms. The van der Waals surface area contributed by atoms with Gasteiger partial charge in [0.25, 0.3) is 0 Å². The van der Waals surface area contributed by atoms with Gasteiger partial charge in [0.2, 0.25) is 0 Å². The van der Waals surface area contributed by atoms with E-state index in [0.717, 1.165) is 31.6 Å². The third kappa shape index (κ3) is 2.34. The lowest BCUT2D eigenvalue weighted by atomic mass is 10.0. The molecule has 0 amide bonds. The first-order valence-electron chi connectivity index (χ1n) is 6.69. The molecule has 0 bridgehead atoms. The van der Waals surface area contributed by atoms with Gasteiger partial charge >= 0.3 is 11.7 Å². The van der Waals surface area contributed by atoms with Crippen molar-refractivity contribution in [2.45, 2.75) is 19.4 Å². The highest BCUT2D eigenvalue weighted by Crippen LogP contribution is 2.19. The van der Waals surface area contributed by atoms with E-state index >= 15 is 0 Å². The molecule has 1 aliphatic heterocycles. The zero-order valence-electron chi connectivity index (χ0n) is 11.0. The van der Waals surface area contributed by atoms with E-state index in [1.807, 2.05) is 0 Å². The number of imidazole rings is 1. The van der Waals surface area contributed by atoms with Crippen molar-refractivity contribution in [1.29, 1.82) is 0 Å². The summed E-state index contributed by atoms with van der Waals surface area (Å²) in [6.07, 6.45) is 1.90. The third-order valence-corrected chi connectivity index (χ3v) is 3.80.